The Bertz CT molecular complexity index is 1190. The van der Waals surface area contributed by atoms with Gasteiger partial charge in [-0.2, -0.15) is 10.2 Å². The van der Waals surface area contributed by atoms with Crippen LogP contribution in [0.1, 0.15) is 63.6 Å². The van der Waals surface area contributed by atoms with Gasteiger partial charge in [-0.25, -0.2) is 13.9 Å². The molecule has 0 saturated heterocycles. The van der Waals surface area contributed by atoms with Gasteiger partial charge >= 0.3 is 6.09 Å². The molecule has 0 radical (unpaired) electrons. The first-order valence-electron chi connectivity index (χ1n) is 10.7. The molecule has 1 unspecified atom stereocenters. The SMILES string of the molecule is CC(C(=O)Nc1cc(C2CC2)nn1C(=O)OC(C)(C)C)c1cnn(-c2cc(F)cc(Cl)c2)c1. The van der Waals surface area contributed by atoms with Crippen LogP contribution in [-0.2, 0) is 9.53 Å². The highest BCUT2D eigenvalue weighted by Gasteiger charge is 2.31. The van der Waals surface area contributed by atoms with Crippen molar-refractivity contribution in [1.82, 2.24) is 19.6 Å². The van der Waals surface area contributed by atoms with E-state index in [1.165, 1.54) is 23.0 Å². The van der Waals surface area contributed by atoms with Gasteiger partial charge in [-0.15, -0.1) is 4.68 Å². The lowest BCUT2D eigenvalue weighted by Crippen LogP contribution is -2.29. The number of rotatable bonds is 5. The van der Waals surface area contributed by atoms with Crippen LogP contribution in [0.2, 0.25) is 5.02 Å². The number of hydrogen-bond acceptors (Lipinski definition) is 5. The molecule has 1 saturated carbocycles. The molecule has 1 aliphatic rings. The minimum atomic E-state index is -0.703. The van der Waals surface area contributed by atoms with Crippen molar-refractivity contribution >= 4 is 29.4 Å². The van der Waals surface area contributed by atoms with Gasteiger partial charge in [0.15, 0.2) is 0 Å². The van der Waals surface area contributed by atoms with Gasteiger partial charge in [-0.1, -0.05) is 11.6 Å². The number of anilines is 1. The number of nitrogens with zero attached hydrogens (tertiary/aromatic N) is 4. The van der Waals surface area contributed by atoms with Crippen molar-refractivity contribution in [3.8, 4) is 5.69 Å². The van der Waals surface area contributed by atoms with E-state index in [0.29, 0.717) is 11.3 Å². The van der Waals surface area contributed by atoms with E-state index in [2.05, 4.69) is 15.5 Å². The van der Waals surface area contributed by atoms with Crippen molar-refractivity contribution in [3.05, 3.63) is 58.8 Å². The Labute approximate surface area is 195 Å². The summed E-state index contributed by atoms with van der Waals surface area (Å²) in [7, 11) is 0. The average molecular weight is 474 g/mol. The van der Waals surface area contributed by atoms with Crippen LogP contribution in [0.3, 0.4) is 0 Å². The summed E-state index contributed by atoms with van der Waals surface area (Å²) in [6, 6.07) is 5.79. The standard InChI is InChI=1S/C23H25ClFN5O3/c1-13(15-11-26-29(12-15)18-8-16(24)7-17(25)9-18)21(31)27-20-10-19(14-5-6-14)28-30(20)22(32)33-23(2,3)4/h7-14H,5-6H2,1-4H3,(H,27,31). The Morgan fingerprint density at radius 2 is 1.97 bits per heavy atom. The maximum Gasteiger partial charge on any atom is 0.437 e. The zero-order valence-electron chi connectivity index (χ0n) is 18.8. The summed E-state index contributed by atoms with van der Waals surface area (Å²) >= 11 is 5.93. The van der Waals surface area contributed by atoms with Crippen molar-refractivity contribution < 1.29 is 18.7 Å². The summed E-state index contributed by atoms with van der Waals surface area (Å²) in [5, 5.41) is 11.6. The molecule has 0 aliphatic heterocycles. The first-order valence-corrected chi connectivity index (χ1v) is 11.0. The highest BCUT2D eigenvalue weighted by molar-refractivity contribution is 6.30. The quantitative estimate of drug-likeness (QED) is 0.545. The van der Waals surface area contributed by atoms with E-state index in [4.69, 9.17) is 16.3 Å². The Hall–Kier alpha value is -3.20. The zero-order valence-corrected chi connectivity index (χ0v) is 19.6. The normalized spacial score (nSPS) is 14.7. The number of hydrogen-bond donors (Lipinski definition) is 1. The van der Waals surface area contributed by atoms with Crippen molar-refractivity contribution in [3.63, 3.8) is 0 Å². The first-order chi connectivity index (χ1) is 15.5. The third-order valence-corrected chi connectivity index (χ3v) is 5.37. The van der Waals surface area contributed by atoms with Crippen LogP contribution in [0, 0.1) is 5.82 Å². The van der Waals surface area contributed by atoms with E-state index in [0.717, 1.165) is 23.2 Å². The van der Waals surface area contributed by atoms with E-state index in [9.17, 15) is 14.0 Å². The monoisotopic (exact) mass is 473 g/mol. The Morgan fingerprint density at radius 1 is 1.24 bits per heavy atom. The fourth-order valence-corrected chi connectivity index (χ4v) is 3.49. The fraction of sp³-hybridized carbons (Fsp3) is 0.391. The van der Waals surface area contributed by atoms with Crippen LogP contribution in [0.15, 0.2) is 36.7 Å². The second kappa shape index (κ2) is 8.62. The molecule has 1 atom stereocenters. The van der Waals surface area contributed by atoms with Crippen molar-refractivity contribution in [2.24, 2.45) is 0 Å². The van der Waals surface area contributed by atoms with Crippen molar-refractivity contribution in [2.75, 3.05) is 5.32 Å². The molecule has 2 heterocycles. The first kappa shape index (κ1) is 23.0. The van der Waals surface area contributed by atoms with Crippen LogP contribution < -0.4 is 5.32 Å². The van der Waals surface area contributed by atoms with Crippen molar-refractivity contribution in [1.29, 1.82) is 0 Å². The molecule has 4 rings (SSSR count). The summed E-state index contributed by atoms with van der Waals surface area (Å²) in [4.78, 5) is 25.6. The number of amides is 1. The maximum absolute atomic E-state index is 13.7. The van der Waals surface area contributed by atoms with E-state index in [1.54, 1.807) is 46.0 Å². The fourth-order valence-electron chi connectivity index (χ4n) is 3.27. The Kier molecular flexibility index (Phi) is 6.00. The largest absolute Gasteiger partial charge is 0.442 e. The van der Waals surface area contributed by atoms with Gasteiger partial charge in [-0.3, -0.25) is 4.79 Å². The number of ether oxygens (including phenoxy) is 1. The molecule has 0 bridgehead atoms. The topological polar surface area (TPSA) is 91.0 Å². The molecule has 33 heavy (non-hydrogen) atoms. The molecule has 3 aromatic rings. The van der Waals surface area contributed by atoms with Crippen molar-refractivity contribution in [2.45, 2.75) is 58.0 Å². The number of nitrogens with one attached hydrogen (secondary N) is 1. The van der Waals surface area contributed by atoms with Gasteiger partial charge in [0, 0.05) is 28.8 Å². The van der Waals surface area contributed by atoms with Gasteiger partial charge in [0.05, 0.1) is 23.5 Å². The molecule has 10 heteroatoms. The third kappa shape index (κ3) is 5.42. The van der Waals surface area contributed by atoms with E-state index in [1.807, 2.05) is 0 Å². The number of carbonyl (C=O) groups is 2. The zero-order chi connectivity index (χ0) is 23.9. The smallest absolute Gasteiger partial charge is 0.437 e. The molecule has 1 fully saturated rings. The van der Waals surface area contributed by atoms with Gasteiger partial charge < -0.3 is 10.1 Å². The second-order valence-electron chi connectivity index (χ2n) is 9.18. The molecule has 174 valence electrons. The van der Waals surface area contributed by atoms with Gasteiger partial charge in [0.1, 0.15) is 17.2 Å². The summed E-state index contributed by atoms with van der Waals surface area (Å²) in [6.07, 6.45) is 4.50. The minimum Gasteiger partial charge on any atom is -0.442 e. The third-order valence-electron chi connectivity index (χ3n) is 5.15. The lowest BCUT2D eigenvalue weighted by Gasteiger charge is -2.20. The van der Waals surface area contributed by atoms with Gasteiger partial charge in [0.2, 0.25) is 5.91 Å². The van der Waals surface area contributed by atoms with Gasteiger partial charge in [-0.05, 0) is 58.7 Å². The molecular weight excluding hydrogens is 449 g/mol. The molecular formula is C23H25ClFN5O3. The van der Waals surface area contributed by atoms with E-state index in [-0.39, 0.29) is 22.7 Å². The van der Waals surface area contributed by atoms with E-state index < -0.39 is 23.4 Å². The van der Waals surface area contributed by atoms with Crippen LogP contribution in [0.4, 0.5) is 15.0 Å². The number of aromatic nitrogens is 4. The molecule has 1 aliphatic carbocycles. The number of benzene rings is 1. The molecule has 1 N–H and O–H groups in total. The van der Waals surface area contributed by atoms with Gasteiger partial charge in [0.25, 0.3) is 0 Å². The molecule has 1 amide bonds. The lowest BCUT2D eigenvalue weighted by atomic mass is 10.0. The van der Waals surface area contributed by atoms with Crippen LogP contribution in [-0.4, -0.2) is 37.2 Å². The number of carbonyl (C=O) groups excluding carboxylic acids is 2. The molecule has 2 aromatic heterocycles. The number of halogens is 2. The summed E-state index contributed by atoms with van der Waals surface area (Å²) in [6.45, 7) is 7.01. The maximum atomic E-state index is 13.7. The Balaban J connectivity index is 1.53. The van der Waals surface area contributed by atoms with Crippen LogP contribution in [0.5, 0.6) is 0 Å². The van der Waals surface area contributed by atoms with Crippen LogP contribution in [0.25, 0.3) is 5.69 Å². The predicted molar refractivity (Wildman–Crippen MR) is 121 cm³/mol. The summed E-state index contributed by atoms with van der Waals surface area (Å²) in [5.74, 6) is -0.888. The summed E-state index contributed by atoms with van der Waals surface area (Å²) in [5.41, 5.74) is 1.10. The average Bonchev–Trinajstić information content (AvgIpc) is 3.28. The predicted octanol–water partition coefficient (Wildman–Crippen LogP) is 5.26. The molecule has 0 spiro atoms. The van der Waals surface area contributed by atoms with E-state index >= 15 is 0 Å². The minimum absolute atomic E-state index is 0.245. The Morgan fingerprint density at radius 3 is 2.61 bits per heavy atom. The lowest BCUT2D eigenvalue weighted by molar-refractivity contribution is -0.117. The van der Waals surface area contributed by atoms with Crippen LogP contribution >= 0.6 is 11.6 Å². The molecule has 8 nitrogen and oxygen atoms in total. The summed E-state index contributed by atoms with van der Waals surface area (Å²) < 4.78 is 21.7. The highest BCUT2D eigenvalue weighted by Crippen LogP contribution is 2.40. The highest BCUT2D eigenvalue weighted by atomic mass is 35.5. The molecule has 1 aromatic carbocycles. The second-order valence-corrected chi connectivity index (χ2v) is 9.61.